The minimum atomic E-state index is -0.00197. The number of nitrogens with one attached hydrogen (secondary N) is 1. The Bertz CT molecular complexity index is 796. The summed E-state index contributed by atoms with van der Waals surface area (Å²) >= 11 is 1.56. The number of hydrogen-bond acceptors (Lipinski definition) is 5. The van der Waals surface area contributed by atoms with E-state index in [1.54, 1.807) is 17.7 Å². The highest BCUT2D eigenvalue weighted by Crippen LogP contribution is 2.23. The first-order valence-electron chi connectivity index (χ1n) is 7.82. The van der Waals surface area contributed by atoms with Crippen LogP contribution in [0.15, 0.2) is 42.0 Å². The van der Waals surface area contributed by atoms with Crippen LogP contribution in [0.5, 0.6) is 0 Å². The van der Waals surface area contributed by atoms with Crippen LogP contribution in [-0.2, 0) is 24.7 Å². The van der Waals surface area contributed by atoms with Crippen molar-refractivity contribution >= 4 is 17.2 Å². The molecule has 0 unspecified atom stereocenters. The van der Waals surface area contributed by atoms with Crippen molar-refractivity contribution in [2.24, 2.45) is 7.05 Å². The van der Waals surface area contributed by atoms with Crippen molar-refractivity contribution in [1.29, 1.82) is 0 Å². The van der Waals surface area contributed by atoms with Crippen LogP contribution >= 0.6 is 11.3 Å². The van der Waals surface area contributed by atoms with Crippen molar-refractivity contribution in [3.8, 4) is 10.6 Å². The molecule has 6 nitrogen and oxygen atoms in total. The molecule has 0 saturated heterocycles. The maximum atomic E-state index is 12.0. The molecule has 24 heavy (non-hydrogen) atoms. The fourth-order valence-electron chi connectivity index (χ4n) is 2.34. The van der Waals surface area contributed by atoms with Crippen LogP contribution in [0.4, 0.5) is 0 Å². The van der Waals surface area contributed by atoms with Crippen molar-refractivity contribution in [2.45, 2.75) is 19.3 Å². The van der Waals surface area contributed by atoms with Crippen molar-refractivity contribution < 1.29 is 4.79 Å². The molecule has 7 heteroatoms. The number of aromatic nitrogens is 4. The highest BCUT2D eigenvalue weighted by Gasteiger charge is 2.09. The molecule has 0 saturated carbocycles. The summed E-state index contributed by atoms with van der Waals surface area (Å²) in [4.78, 5) is 16.5. The van der Waals surface area contributed by atoms with Gasteiger partial charge in [0.1, 0.15) is 17.2 Å². The summed E-state index contributed by atoms with van der Waals surface area (Å²) in [7, 11) is 1.92. The van der Waals surface area contributed by atoms with Gasteiger partial charge in [-0.15, -0.1) is 21.5 Å². The summed E-state index contributed by atoms with van der Waals surface area (Å²) in [5.41, 5.74) is 1.89. The van der Waals surface area contributed by atoms with E-state index in [0.29, 0.717) is 13.0 Å². The molecule has 0 spiro atoms. The van der Waals surface area contributed by atoms with Gasteiger partial charge in [0.2, 0.25) is 5.91 Å². The lowest BCUT2D eigenvalue weighted by molar-refractivity contribution is -0.120. The summed E-state index contributed by atoms with van der Waals surface area (Å²) in [6.45, 7) is 0.626. The van der Waals surface area contributed by atoms with E-state index in [9.17, 15) is 4.79 Å². The van der Waals surface area contributed by atoms with E-state index in [2.05, 4.69) is 20.5 Å². The van der Waals surface area contributed by atoms with Crippen molar-refractivity contribution in [2.75, 3.05) is 6.54 Å². The van der Waals surface area contributed by atoms with Crippen LogP contribution < -0.4 is 5.32 Å². The number of benzene rings is 1. The Morgan fingerprint density at radius 1 is 1.29 bits per heavy atom. The maximum absolute atomic E-state index is 12.0. The van der Waals surface area contributed by atoms with Gasteiger partial charge in [-0.05, 0) is 6.42 Å². The highest BCUT2D eigenvalue weighted by atomic mass is 32.1. The summed E-state index contributed by atoms with van der Waals surface area (Å²) < 4.78 is 1.89. The predicted molar refractivity (Wildman–Crippen MR) is 93.6 cm³/mol. The van der Waals surface area contributed by atoms with E-state index in [-0.39, 0.29) is 5.91 Å². The molecular formula is C17H19N5OS. The van der Waals surface area contributed by atoms with Gasteiger partial charge in [0.15, 0.2) is 0 Å². The van der Waals surface area contributed by atoms with Crippen molar-refractivity contribution in [3.05, 3.63) is 53.6 Å². The fourth-order valence-corrected chi connectivity index (χ4v) is 3.16. The molecule has 0 aliphatic rings. The number of hydrogen-bond donors (Lipinski definition) is 1. The molecule has 0 aliphatic carbocycles. The molecule has 2 aromatic heterocycles. The first-order chi connectivity index (χ1) is 11.7. The Hall–Kier alpha value is -2.54. The lowest BCUT2D eigenvalue weighted by atomic mass is 10.2. The minimum absolute atomic E-state index is 0.00197. The molecule has 1 aromatic carbocycles. The first kappa shape index (κ1) is 16.3. The Balaban J connectivity index is 1.44. The molecule has 0 radical (unpaired) electrons. The third-order valence-electron chi connectivity index (χ3n) is 3.62. The van der Waals surface area contributed by atoms with Crippen LogP contribution in [0, 0.1) is 0 Å². The van der Waals surface area contributed by atoms with Crippen LogP contribution in [0.1, 0.15) is 17.9 Å². The fraction of sp³-hybridized carbons (Fsp3) is 0.294. The summed E-state index contributed by atoms with van der Waals surface area (Å²) in [5, 5.41) is 13.7. The zero-order valence-corrected chi connectivity index (χ0v) is 14.3. The molecule has 3 rings (SSSR count). The van der Waals surface area contributed by atoms with Gasteiger partial charge in [0.25, 0.3) is 0 Å². The second kappa shape index (κ2) is 7.83. The van der Waals surface area contributed by atoms with E-state index in [0.717, 1.165) is 34.9 Å². The van der Waals surface area contributed by atoms with E-state index < -0.39 is 0 Å². The van der Waals surface area contributed by atoms with Gasteiger partial charge in [-0.2, -0.15) is 0 Å². The summed E-state index contributed by atoms with van der Waals surface area (Å²) in [6.07, 6.45) is 3.63. The van der Waals surface area contributed by atoms with E-state index in [1.165, 1.54) is 0 Å². The first-order valence-corrected chi connectivity index (χ1v) is 8.70. The van der Waals surface area contributed by atoms with Gasteiger partial charge in [0.05, 0.1) is 12.1 Å². The van der Waals surface area contributed by atoms with Gasteiger partial charge in [-0.1, -0.05) is 30.3 Å². The number of carbonyl (C=O) groups excluding carboxylic acids is 1. The van der Waals surface area contributed by atoms with Gasteiger partial charge in [0, 0.05) is 31.0 Å². The van der Waals surface area contributed by atoms with Gasteiger partial charge in [-0.25, -0.2) is 4.98 Å². The predicted octanol–water partition coefficient (Wildman–Crippen LogP) is 2.23. The van der Waals surface area contributed by atoms with Crippen molar-refractivity contribution in [3.63, 3.8) is 0 Å². The SMILES string of the molecule is Cn1cnnc1CCCNC(=O)Cc1csc(-c2ccccc2)n1. The highest BCUT2D eigenvalue weighted by molar-refractivity contribution is 7.13. The third kappa shape index (κ3) is 4.26. The number of rotatable bonds is 7. The van der Waals surface area contributed by atoms with Gasteiger partial charge >= 0.3 is 0 Å². The largest absolute Gasteiger partial charge is 0.356 e. The topological polar surface area (TPSA) is 72.7 Å². The summed E-state index contributed by atoms with van der Waals surface area (Å²) in [5.74, 6) is 0.925. The third-order valence-corrected chi connectivity index (χ3v) is 4.56. The number of carbonyl (C=O) groups is 1. The number of aryl methyl sites for hydroxylation is 2. The molecule has 0 bridgehead atoms. The lowest BCUT2D eigenvalue weighted by Crippen LogP contribution is -2.26. The number of nitrogens with zero attached hydrogens (tertiary/aromatic N) is 4. The molecule has 0 fully saturated rings. The quantitative estimate of drug-likeness (QED) is 0.669. The number of amides is 1. The zero-order valence-electron chi connectivity index (χ0n) is 13.5. The molecule has 1 amide bonds. The second-order valence-electron chi connectivity index (χ2n) is 5.50. The maximum Gasteiger partial charge on any atom is 0.226 e. The second-order valence-corrected chi connectivity index (χ2v) is 6.36. The lowest BCUT2D eigenvalue weighted by Gasteiger charge is -2.04. The van der Waals surface area contributed by atoms with Crippen molar-refractivity contribution in [1.82, 2.24) is 25.1 Å². The van der Waals surface area contributed by atoms with E-state index in [1.807, 2.05) is 47.3 Å². The van der Waals surface area contributed by atoms with Gasteiger partial charge in [-0.3, -0.25) is 4.79 Å². The molecule has 2 heterocycles. The average Bonchev–Trinajstić information content (AvgIpc) is 3.22. The number of thiazole rings is 1. The van der Waals surface area contributed by atoms with Gasteiger partial charge < -0.3 is 9.88 Å². The zero-order chi connectivity index (χ0) is 16.8. The Morgan fingerprint density at radius 3 is 2.88 bits per heavy atom. The van der Waals surface area contributed by atoms with E-state index in [4.69, 9.17) is 0 Å². The molecule has 0 atom stereocenters. The smallest absolute Gasteiger partial charge is 0.226 e. The molecule has 0 aliphatic heterocycles. The summed E-state index contributed by atoms with van der Waals surface area (Å²) in [6, 6.07) is 10.00. The Morgan fingerprint density at radius 2 is 2.12 bits per heavy atom. The normalized spacial score (nSPS) is 10.7. The minimum Gasteiger partial charge on any atom is -0.356 e. The van der Waals surface area contributed by atoms with Crippen LogP contribution in [0.2, 0.25) is 0 Å². The molecule has 3 aromatic rings. The standard InChI is InChI=1S/C17H19N5OS/c1-22-12-19-21-15(22)8-5-9-18-16(23)10-14-11-24-17(20-14)13-6-3-2-4-7-13/h2-4,6-7,11-12H,5,8-10H2,1H3,(H,18,23). The molecule has 124 valence electrons. The molecule has 1 N–H and O–H groups in total. The van der Waals surface area contributed by atoms with Crippen LogP contribution in [0.3, 0.4) is 0 Å². The van der Waals surface area contributed by atoms with Crippen LogP contribution in [-0.4, -0.2) is 32.2 Å². The van der Waals surface area contributed by atoms with Crippen LogP contribution in [0.25, 0.3) is 10.6 Å². The Labute approximate surface area is 144 Å². The average molecular weight is 341 g/mol. The monoisotopic (exact) mass is 341 g/mol. The molecular weight excluding hydrogens is 322 g/mol. The van der Waals surface area contributed by atoms with E-state index >= 15 is 0 Å². The Kier molecular flexibility index (Phi) is 5.32.